The maximum absolute atomic E-state index is 13.0. The summed E-state index contributed by atoms with van der Waals surface area (Å²) in [5, 5.41) is 3.49. The number of nitrogens with zero attached hydrogens (tertiary/aromatic N) is 1. The summed E-state index contributed by atoms with van der Waals surface area (Å²) in [4.78, 5) is 2.37. The summed E-state index contributed by atoms with van der Waals surface area (Å²) in [6.07, 6.45) is 2.25. The highest BCUT2D eigenvalue weighted by Gasteiger charge is 2.22. The van der Waals surface area contributed by atoms with Crippen LogP contribution in [0, 0.1) is 5.82 Å². The minimum atomic E-state index is -0.209. The molecular formula is C13H18BrFN2. The van der Waals surface area contributed by atoms with Crippen LogP contribution in [0.15, 0.2) is 22.7 Å². The van der Waals surface area contributed by atoms with E-state index < -0.39 is 0 Å². The minimum absolute atomic E-state index is 0.209. The number of nitrogens with one attached hydrogen (secondary N) is 1. The molecule has 0 aliphatic carbocycles. The van der Waals surface area contributed by atoms with Crippen LogP contribution < -0.4 is 5.32 Å². The van der Waals surface area contributed by atoms with Crippen molar-refractivity contribution in [1.29, 1.82) is 0 Å². The molecule has 2 unspecified atom stereocenters. The number of likely N-dealkylation sites (tertiary alicyclic amines) is 1. The van der Waals surface area contributed by atoms with E-state index in [4.69, 9.17) is 0 Å². The van der Waals surface area contributed by atoms with Crippen LogP contribution in [0.5, 0.6) is 0 Å². The third-order valence-electron chi connectivity index (χ3n) is 3.50. The molecular weight excluding hydrogens is 283 g/mol. The van der Waals surface area contributed by atoms with Crippen LogP contribution in [0.3, 0.4) is 0 Å². The molecule has 0 bridgehead atoms. The van der Waals surface area contributed by atoms with E-state index in [1.54, 1.807) is 6.07 Å². The predicted molar refractivity (Wildman–Crippen MR) is 72.8 cm³/mol. The highest BCUT2D eigenvalue weighted by atomic mass is 79.9. The number of anilines is 1. The van der Waals surface area contributed by atoms with Crippen molar-refractivity contribution >= 4 is 21.6 Å². The summed E-state index contributed by atoms with van der Waals surface area (Å²) in [6, 6.07) is 5.86. The van der Waals surface area contributed by atoms with Crippen LogP contribution in [0.2, 0.25) is 0 Å². The Bertz CT molecular complexity index is 397. The Morgan fingerprint density at radius 3 is 2.88 bits per heavy atom. The molecule has 4 heteroatoms. The number of hydrogen-bond donors (Lipinski definition) is 1. The molecule has 0 saturated carbocycles. The molecule has 1 fully saturated rings. The first-order chi connectivity index (χ1) is 8.06. The third-order valence-corrected chi connectivity index (χ3v) is 4.16. The fourth-order valence-corrected chi connectivity index (χ4v) is 2.71. The van der Waals surface area contributed by atoms with Gasteiger partial charge in [-0.2, -0.15) is 0 Å². The van der Waals surface area contributed by atoms with Crippen molar-refractivity contribution in [3.05, 3.63) is 28.5 Å². The molecule has 17 heavy (non-hydrogen) atoms. The van der Waals surface area contributed by atoms with Crippen molar-refractivity contribution < 1.29 is 4.39 Å². The van der Waals surface area contributed by atoms with Gasteiger partial charge in [0.25, 0.3) is 0 Å². The smallest absolute Gasteiger partial charge is 0.124 e. The first-order valence-corrected chi connectivity index (χ1v) is 6.77. The molecule has 94 valence electrons. The lowest BCUT2D eigenvalue weighted by atomic mass is 9.99. The van der Waals surface area contributed by atoms with Gasteiger partial charge in [-0.05, 0) is 60.9 Å². The van der Waals surface area contributed by atoms with Gasteiger partial charge >= 0.3 is 0 Å². The van der Waals surface area contributed by atoms with Gasteiger partial charge in [-0.1, -0.05) is 0 Å². The van der Waals surface area contributed by atoms with Crippen LogP contribution in [-0.4, -0.2) is 30.6 Å². The molecule has 2 rings (SSSR count). The zero-order chi connectivity index (χ0) is 12.4. The lowest BCUT2D eigenvalue weighted by molar-refractivity contribution is 0.190. The maximum atomic E-state index is 13.0. The van der Waals surface area contributed by atoms with Crippen LogP contribution in [0.1, 0.15) is 19.8 Å². The van der Waals surface area contributed by atoms with Gasteiger partial charge < -0.3 is 10.2 Å². The maximum Gasteiger partial charge on any atom is 0.124 e. The van der Waals surface area contributed by atoms with Gasteiger partial charge in [-0.25, -0.2) is 4.39 Å². The van der Waals surface area contributed by atoms with E-state index in [0.29, 0.717) is 12.1 Å². The van der Waals surface area contributed by atoms with Crippen LogP contribution >= 0.6 is 15.9 Å². The Kier molecular flexibility index (Phi) is 4.05. The second-order valence-electron chi connectivity index (χ2n) is 4.82. The second kappa shape index (κ2) is 5.36. The van der Waals surface area contributed by atoms with Gasteiger partial charge in [0, 0.05) is 28.8 Å². The Hall–Kier alpha value is -0.610. The number of benzene rings is 1. The topological polar surface area (TPSA) is 15.3 Å². The van der Waals surface area contributed by atoms with E-state index in [0.717, 1.165) is 29.5 Å². The van der Waals surface area contributed by atoms with Crippen molar-refractivity contribution in [2.75, 3.05) is 18.9 Å². The molecule has 0 aromatic heterocycles. The molecule has 1 aromatic rings. The van der Waals surface area contributed by atoms with Crippen LogP contribution in [-0.2, 0) is 0 Å². The number of halogens is 2. The van der Waals surface area contributed by atoms with Gasteiger partial charge in [-0.15, -0.1) is 0 Å². The highest BCUT2D eigenvalue weighted by Crippen LogP contribution is 2.26. The Balaban J connectivity index is 2.01. The van der Waals surface area contributed by atoms with Gasteiger partial charge in [0.2, 0.25) is 0 Å². The predicted octanol–water partition coefficient (Wildman–Crippen LogP) is 3.48. The van der Waals surface area contributed by atoms with E-state index in [2.05, 4.69) is 40.1 Å². The molecule has 2 nitrogen and oxygen atoms in total. The van der Waals surface area contributed by atoms with Crippen molar-refractivity contribution in [3.8, 4) is 0 Å². The number of piperidine rings is 1. The van der Waals surface area contributed by atoms with Crippen LogP contribution in [0.4, 0.5) is 10.1 Å². The average Bonchev–Trinajstić information content (AvgIpc) is 2.27. The van der Waals surface area contributed by atoms with Gasteiger partial charge in [0.1, 0.15) is 5.82 Å². The van der Waals surface area contributed by atoms with E-state index >= 15 is 0 Å². The largest absolute Gasteiger partial charge is 0.381 e. The van der Waals surface area contributed by atoms with Gasteiger partial charge in [0.15, 0.2) is 0 Å². The van der Waals surface area contributed by atoms with E-state index in [1.165, 1.54) is 12.1 Å². The molecule has 0 spiro atoms. The van der Waals surface area contributed by atoms with Crippen molar-refractivity contribution in [2.45, 2.75) is 31.8 Å². The Morgan fingerprint density at radius 1 is 1.47 bits per heavy atom. The monoisotopic (exact) mass is 300 g/mol. The first-order valence-electron chi connectivity index (χ1n) is 5.98. The first kappa shape index (κ1) is 12.8. The normalized spacial score (nSPS) is 25.9. The molecule has 2 atom stereocenters. The second-order valence-corrected chi connectivity index (χ2v) is 5.67. The summed E-state index contributed by atoms with van der Waals surface area (Å²) < 4.78 is 13.8. The summed E-state index contributed by atoms with van der Waals surface area (Å²) in [5.41, 5.74) is 0.980. The lowest BCUT2D eigenvalue weighted by Gasteiger charge is -2.36. The lowest BCUT2D eigenvalue weighted by Crippen LogP contribution is -2.42. The van der Waals surface area contributed by atoms with E-state index in [1.807, 2.05) is 0 Å². The number of rotatable bonds is 2. The molecule has 0 amide bonds. The summed E-state index contributed by atoms with van der Waals surface area (Å²) in [6.45, 7) is 3.35. The van der Waals surface area contributed by atoms with Crippen molar-refractivity contribution in [1.82, 2.24) is 4.90 Å². The number of hydrogen-bond acceptors (Lipinski definition) is 2. The summed E-state index contributed by atoms with van der Waals surface area (Å²) in [7, 11) is 2.16. The van der Waals surface area contributed by atoms with Crippen molar-refractivity contribution in [2.24, 2.45) is 0 Å². The average molecular weight is 301 g/mol. The summed E-state index contributed by atoms with van der Waals surface area (Å²) >= 11 is 3.39. The molecule has 1 saturated heterocycles. The molecule has 1 N–H and O–H groups in total. The van der Waals surface area contributed by atoms with E-state index in [-0.39, 0.29) is 5.82 Å². The van der Waals surface area contributed by atoms with Crippen molar-refractivity contribution in [3.63, 3.8) is 0 Å². The SMILES string of the molecule is CC1CC(Nc2ccc(F)cc2Br)CCN1C. The van der Waals surface area contributed by atoms with Gasteiger partial charge in [0.05, 0.1) is 0 Å². The summed E-state index contributed by atoms with van der Waals surface area (Å²) in [5.74, 6) is -0.209. The minimum Gasteiger partial charge on any atom is -0.381 e. The third kappa shape index (κ3) is 3.19. The molecule has 1 aliphatic heterocycles. The molecule has 1 heterocycles. The molecule has 1 aliphatic rings. The zero-order valence-electron chi connectivity index (χ0n) is 10.2. The van der Waals surface area contributed by atoms with Gasteiger partial charge in [-0.3, -0.25) is 0 Å². The quantitative estimate of drug-likeness (QED) is 0.899. The Labute approximate surface area is 110 Å². The fourth-order valence-electron chi connectivity index (χ4n) is 2.25. The Morgan fingerprint density at radius 2 is 2.24 bits per heavy atom. The zero-order valence-corrected chi connectivity index (χ0v) is 11.8. The fraction of sp³-hybridized carbons (Fsp3) is 0.538. The standard InChI is InChI=1S/C13H18BrFN2/c1-9-7-11(5-6-17(9)2)16-13-4-3-10(15)8-12(13)14/h3-4,8-9,11,16H,5-7H2,1-2H3. The van der Waals surface area contributed by atoms with Crippen LogP contribution in [0.25, 0.3) is 0 Å². The molecule has 0 radical (unpaired) electrons. The highest BCUT2D eigenvalue weighted by molar-refractivity contribution is 9.10. The van der Waals surface area contributed by atoms with E-state index in [9.17, 15) is 4.39 Å². The molecule has 1 aromatic carbocycles.